The minimum atomic E-state index is -0.0627. The van der Waals surface area contributed by atoms with Gasteiger partial charge in [-0.05, 0) is 95.9 Å². The smallest absolute Gasteiger partial charge is 0.268 e. The summed E-state index contributed by atoms with van der Waals surface area (Å²) in [5, 5.41) is 2.19. The van der Waals surface area contributed by atoms with Crippen LogP contribution in [0.15, 0.2) is 212 Å². The van der Waals surface area contributed by atoms with Gasteiger partial charge in [0.1, 0.15) is 5.82 Å². The number of rotatable bonds is 6. The van der Waals surface area contributed by atoms with Crippen molar-refractivity contribution in [2.45, 2.75) is 26.2 Å². The molecule has 13 rings (SSSR count). The standard InChI is InChI=1S/C64H44N4O.Pt/c1-64(2,3)45-35-36-65-61(38-45)68-59-37-44(42-17-6-4-7-18-42)31-33-54(59)55-34-32-48(40-60(55)68)69-47-22-14-21-46(39-47)66-41-67-62-49(43-19-8-5-9-20-43)27-15-28-56(62)52-25-12-10-23-50(52)51-24-11-13-26-53(51)57-29-16-30-58(66)63(57)67;/h4-38H,1-3H3;/q-2;. The van der Waals surface area contributed by atoms with Crippen molar-refractivity contribution in [2.75, 3.05) is 0 Å². The molecule has 3 aromatic heterocycles. The molecule has 0 unspecified atom stereocenters. The van der Waals surface area contributed by atoms with Crippen LogP contribution in [0.2, 0.25) is 0 Å². The Bertz CT molecular complexity index is 3980. The van der Waals surface area contributed by atoms with Crippen LogP contribution >= 0.6 is 0 Å². The van der Waals surface area contributed by atoms with Crippen molar-refractivity contribution in [3.8, 4) is 84.3 Å². The van der Waals surface area contributed by atoms with Gasteiger partial charge in [-0.15, -0.1) is 29.7 Å². The topological polar surface area (TPSA) is 35.9 Å². The van der Waals surface area contributed by atoms with Gasteiger partial charge in [0.05, 0.1) is 16.7 Å². The average Bonchev–Trinajstić information content (AvgIpc) is 3.95. The summed E-state index contributed by atoms with van der Waals surface area (Å²) in [4.78, 5) is 4.97. The van der Waals surface area contributed by atoms with Crippen LogP contribution < -0.4 is 9.30 Å². The van der Waals surface area contributed by atoms with Crippen LogP contribution in [0.3, 0.4) is 0 Å². The van der Waals surface area contributed by atoms with E-state index in [4.69, 9.17) is 9.72 Å². The minimum absolute atomic E-state index is 0. The summed E-state index contributed by atoms with van der Waals surface area (Å²) >= 11 is 0. The normalized spacial score (nSPS) is 11.8. The molecule has 70 heavy (non-hydrogen) atoms. The van der Waals surface area contributed by atoms with Crippen LogP contribution in [-0.4, -0.2) is 14.1 Å². The second-order valence-electron chi connectivity index (χ2n) is 18.8. The van der Waals surface area contributed by atoms with E-state index in [1.54, 1.807) is 0 Å². The van der Waals surface area contributed by atoms with E-state index >= 15 is 0 Å². The number of fused-ring (bicyclic) bond motifs is 10. The monoisotopic (exact) mass is 1080 g/mol. The number of nitrogens with zero attached hydrogens (tertiary/aromatic N) is 4. The van der Waals surface area contributed by atoms with Gasteiger partial charge in [-0.25, -0.2) is 4.98 Å². The average molecular weight is 1080 g/mol. The number of ether oxygens (including phenoxy) is 1. The fourth-order valence-corrected chi connectivity index (χ4v) is 10.3. The van der Waals surface area contributed by atoms with Crippen molar-refractivity contribution < 1.29 is 30.4 Å². The quantitative estimate of drug-likeness (QED) is 0.123. The Hall–Kier alpha value is -8.11. The van der Waals surface area contributed by atoms with E-state index in [9.17, 15) is 0 Å². The first-order valence-electron chi connectivity index (χ1n) is 23.5. The maximum absolute atomic E-state index is 6.78. The van der Waals surface area contributed by atoms with Gasteiger partial charge in [0.15, 0.2) is 0 Å². The van der Waals surface area contributed by atoms with E-state index in [2.05, 4.69) is 241 Å². The molecule has 0 spiro atoms. The molecule has 0 saturated carbocycles. The Morgan fingerprint density at radius 2 is 1.09 bits per heavy atom. The largest absolute Gasteiger partial charge is 0.510 e. The molecule has 9 aromatic carbocycles. The third-order valence-electron chi connectivity index (χ3n) is 13.6. The van der Waals surface area contributed by atoms with Crippen LogP contribution in [0.5, 0.6) is 11.5 Å². The van der Waals surface area contributed by atoms with Crippen LogP contribution in [-0.2, 0) is 26.5 Å². The minimum Gasteiger partial charge on any atom is -0.510 e. The second kappa shape index (κ2) is 17.1. The third kappa shape index (κ3) is 7.20. The van der Waals surface area contributed by atoms with E-state index in [0.29, 0.717) is 11.5 Å². The van der Waals surface area contributed by atoms with Gasteiger partial charge in [0.2, 0.25) is 0 Å². The summed E-state index contributed by atoms with van der Waals surface area (Å²) in [5.41, 5.74) is 18.5. The molecule has 12 aromatic rings. The van der Waals surface area contributed by atoms with Gasteiger partial charge < -0.3 is 13.9 Å². The first-order chi connectivity index (χ1) is 33.9. The molecular formula is C64H44N4OPt-2. The molecule has 0 fully saturated rings. The molecule has 338 valence electrons. The second-order valence-corrected chi connectivity index (χ2v) is 18.8. The number of aromatic nitrogens is 4. The number of para-hydroxylation sites is 2. The van der Waals surface area contributed by atoms with Crippen molar-refractivity contribution >= 4 is 32.8 Å². The summed E-state index contributed by atoms with van der Waals surface area (Å²) < 4.78 is 13.4. The predicted molar refractivity (Wildman–Crippen MR) is 279 cm³/mol. The molecule has 0 N–H and O–H groups in total. The van der Waals surface area contributed by atoms with Crippen molar-refractivity contribution in [1.82, 2.24) is 14.1 Å². The van der Waals surface area contributed by atoms with Crippen LogP contribution in [0.4, 0.5) is 0 Å². The number of benzene rings is 9. The maximum atomic E-state index is 6.78. The molecule has 0 amide bonds. The molecule has 0 atom stereocenters. The zero-order chi connectivity index (χ0) is 46.2. The zero-order valence-corrected chi connectivity index (χ0v) is 41.0. The number of hydrogen-bond donors (Lipinski definition) is 0. The molecule has 0 aliphatic carbocycles. The van der Waals surface area contributed by atoms with Crippen molar-refractivity contribution in [3.05, 3.63) is 236 Å². The molecular weight excluding hydrogens is 1040 g/mol. The SMILES string of the molecule is CC(C)(C)c1ccnc(-n2c3[c-]c(Oc4[c-]c(-n5[c-][n+]6c7c(cccc75)-c5ccccc5-c5ccccc5-c5cccc(-c7ccccc7)c5-6)ccc4)ccc3c3ccc(-c4ccccc4)cc32)c1.[Pt]. The molecule has 0 saturated heterocycles. The summed E-state index contributed by atoms with van der Waals surface area (Å²) in [5.74, 6) is 1.97. The summed E-state index contributed by atoms with van der Waals surface area (Å²) in [6, 6.07) is 80.4. The Morgan fingerprint density at radius 1 is 0.486 bits per heavy atom. The van der Waals surface area contributed by atoms with Crippen LogP contribution in [0, 0.1) is 18.5 Å². The number of pyridine rings is 1. The van der Waals surface area contributed by atoms with E-state index in [0.717, 1.165) is 94.5 Å². The first kappa shape index (κ1) is 43.2. The number of hydrogen-bond acceptors (Lipinski definition) is 2. The Labute approximate surface area is 421 Å². The molecule has 1 aliphatic heterocycles. The Kier molecular flexibility index (Phi) is 10.6. The fraction of sp³-hybridized carbons (Fsp3) is 0.0625. The number of imidazole rings is 1. The van der Waals surface area contributed by atoms with E-state index in [1.807, 2.05) is 24.4 Å². The summed E-state index contributed by atoms with van der Waals surface area (Å²) in [6.07, 6.45) is 5.80. The van der Waals surface area contributed by atoms with Gasteiger partial charge in [-0.3, -0.25) is 4.57 Å². The summed E-state index contributed by atoms with van der Waals surface area (Å²) in [7, 11) is 0. The maximum Gasteiger partial charge on any atom is 0.268 e. The molecule has 0 radical (unpaired) electrons. The molecule has 4 heterocycles. The molecule has 1 aliphatic rings. The zero-order valence-electron chi connectivity index (χ0n) is 38.7. The van der Waals surface area contributed by atoms with Crippen molar-refractivity contribution in [1.29, 1.82) is 0 Å². The van der Waals surface area contributed by atoms with Gasteiger partial charge in [-0.2, -0.15) is 18.2 Å². The van der Waals surface area contributed by atoms with E-state index in [1.165, 1.54) is 16.7 Å². The Morgan fingerprint density at radius 3 is 1.83 bits per heavy atom. The fourth-order valence-electron chi connectivity index (χ4n) is 10.3. The van der Waals surface area contributed by atoms with Crippen molar-refractivity contribution in [2.24, 2.45) is 0 Å². The predicted octanol–water partition coefficient (Wildman–Crippen LogP) is 15.5. The van der Waals surface area contributed by atoms with Gasteiger partial charge >= 0.3 is 0 Å². The molecule has 5 nitrogen and oxygen atoms in total. The third-order valence-corrected chi connectivity index (χ3v) is 13.6. The van der Waals surface area contributed by atoms with E-state index < -0.39 is 0 Å². The summed E-state index contributed by atoms with van der Waals surface area (Å²) in [6.45, 7) is 6.70. The van der Waals surface area contributed by atoms with Crippen LogP contribution in [0.25, 0.3) is 106 Å². The first-order valence-corrected chi connectivity index (χ1v) is 23.5. The van der Waals surface area contributed by atoms with Gasteiger partial charge in [-0.1, -0.05) is 184 Å². The van der Waals surface area contributed by atoms with E-state index in [-0.39, 0.29) is 26.5 Å². The van der Waals surface area contributed by atoms with Crippen molar-refractivity contribution in [3.63, 3.8) is 0 Å². The Balaban J connectivity index is 0.00000505. The molecule has 6 heteroatoms. The van der Waals surface area contributed by atoms with Crippen LogP contribution in [0.1, 0.15) is 26.3 Å². The molecule has 0 bridgehead atoms. The van der Waals surface area contributed by atoms with Gasteiger partial charge in [0.25, 0.3) is 6.33 Å². The van der Waals surface area contributed by atoms with Gasteiger partial charge in [0, 0.05) is 44.3 Å².